The summed E-state index contributed by atoms with van der Waals surface area (Å²) in [7, 11) is -1.83. The lowest BCUT2D eigenvalue weighted by atomic mass is 9.87. The molecule has 0 saturated carbocycles. The van der Waals surface area contributed by atoms with Gasteiger partial charge in [-0.3, -0.25) is 9.20 Å². The number of alkyl halides is 2. The summed E-state index contributed by atoms with van der Waals surface area (Å²) in [5.74, 6) is -1.47. The number of aromatic nitrogens is 2. The number of halogens is 2. The van der Waals surface area contributed by atoms with Gasteiger partial charge in [-0.1, -0.05) is 0 Å². The first-order chi connectivity index (χ1) is 16.4. The summed E-state index contributed by atoms with van der Waals surface area (Å²) >= 11 is 0. The molecule has 3 aromatic rings. The molecule has 184 valence electrons. The number of ketones is 1. The number of nitrogens with zero attached hydrogens (tertiary/aromatic N) is 3. The van der Waals surface area contributed by atoms with Crippen LogP contribution in [0.3, 0.4) is 0 Å². The topological polar surface area (TPSA) is 111 Å². The molecule has 0 amide bonds. The number of benzene rings is 1. The van der Waals surface area contributed by atoms with E-state index >= 15 is 0 Å². The van der Waals surface area contributed by atoms with Crippen molar-refractivity contribution in [2.45, 2.75) is 32.3 Å². The Morgan fingerprint density at radius 2 is 1.97 bits per heavy atom. The Morgan fingerprint density at radius 1 is 1.29 bits per heavy atom. The lowest BCUT2D eigenvalue weighted by Gasteiger charge is -2.25. The molecule has 1 aliphatic heterocycles. The molecule has 0 unspecified atom stereocenters. The van der Waals surface area contributed by atoms with E-state index < -0.39 is 27.6 Å². The van der Waals surface area contributed by atoms with E-state index in [0.717, 1.165) is 5.56 Å². The quantitative estimate of drug-likeness (QED) is 0.427. The zero-order chi connectivity index (χ0) is 25.5. The molecule has 1 aromatic carbocycles. The second-order valence-electron chi connectivity index (χ2n) is 9.02. The number of rotatable bonds is 8. The Kier molecular flexibility index (Phi) is 6.27. The summed E-state index contributed by atoms with van der Waals surface area (Å²) < 4.78 is 61.2. The number of Topliss-reactive ketones (excluding diaryl/α,β-unsaturated/α-hetero) is 1. The number of sulfone groups is 1. The Labute approximate surface area is 201 Å². The third-order valence-corrected chi connectivity index (χ3v) is 8.00. The summed E-state index contributed by atoms with van der Waals surface area (Å²) in [6, 6.07) is 8.63. The van der Waals surface area contributed by atoms with Crippen molar-refractivity contribution in [2.24, 2.45) is 5.92 Å². The highest BCUT2D eigenvalue weighted by atomic mass is 32.2. The molecule has 3 heterocycles. The minimum Gasteiger partial charge on any atom is -0.496 e. The first kappa shape index (κ1) is 24.6. The number of ether oxygens (including phenoxy) is 2. The molecule has 1 saturated heterocycles. The largest absolute Gasteiger partial charge is 0.496 e. The van der Waals surface area contributed by atoms with Gasteiger partial charge in [0.1, 0.15) is 22.7 Å². The summed E-state index contributed by atoms with van der Waals surface area (Å²) in [6.45, 7) is 0.385. The van der Waals surface area contributed by atoms with E-state index in [1.165, 1.54) is 19.2 Å². The van der Waals surface area contributed by atoms with Gasteiger partial charge in [0.05, 0.1) is 42.0 Å². The fraction of sp³-hybridized carbons (Fsp3) is 0.375. The van der Waals surface area contributed by atoms with Crippen LogP contribution in [-0.2, 0) is 15.3 Å². The number of nitriles is 1. The van der Waals surface area contributed by atoms with Crippen molar-refractivity contribution in [3.63, 3.8) is 0 Å². The van der Waals surface area contributed by atoms with Gasteiger partial charge in [-0.05, 0) is 49.6 Å². The monoisotopic (exact) mass is 503 g/mol. The number of hydrogen-bond donors (Lipinski definition) is 0. The van der Waals surface area contributed by atoms with Gasteiger partial charge in [-0.15, -0.1) is 0 Å². The van der Waals surface area contributed by atoms with Crippen LogP contribution in [0.4, 0.5) is 8.78 Å². The molecule has 0 spiro atoms. The van der Waals surface area contributed by atoms with Gasteiger partial charge in [0.15, 0.2) is 15.6 Å². The highest BCUT2D eigenvalue weighted by Gasteiger charge is 2.36. The maximum absolute atomic E-state index is 13.3. The van der Waals surface area contributed by atoms with Crippen LogP contribution in [0, 0.1) is 17.2 Å². The highest BCUT2D eigenvalue weighted by Crippen LogP contribution is 2.38. The first-order valence-electron chi connectivity index (χ1n) is 10.7. The predicted octanol–water partition coefficient (Wildman–Crippen LogP) is 4.03. The van der Waals surface area contributed by atoms with Crippen LogP contribution in [0.15, 0.2) is 36.7 Å². The van der Waals surface area contributed by atoms with Crippen LogP contribution in [0.2, 0.25) is 0 Å². The van der Waals surface area contributed by atoms with Crippen molar-refractivity contribution in [3.05, 3.63) is 47.8 Å². The summed E-state index contributed by atoms with van der Waals surface area (Å²) in [6.07, 6.45) is 3.14. The average molecular weight is 504 g/mol. The molecule has 35 heavy (non-hydrogen) atoms. The van der Waals surface area contributed by atoms with Crippen molar-refractivity contribution < 1.29 is 31.5 Å². The number of carbonyl (C=O) groups excluding carboxylic acids is 1. The lowest BCUT2D eigenvalue weighted by Crippen LogP contribution is -2.37. The third kappa shape index (κ3) is 4.84. The fourth-order valence-electron chi connectivity index (χ4n) is 4.16. The van der Waals surface area contributed by atoms with Crippen LogP contribution in [0.1, 0.15) is 36.2 Å². The van der Waals surface area contributed by atoms with Crippen LogP contribution >= 0.6 is 0 Å². The number of carbonyl (C=O) groups is 1. The number of hydrogen-bond acceptors (Lipinski definition) is 7. The number of pyridine rings is 1. The Hall–Kier alpha value is -3.52. The molecule has 0 aliphatic carbocycles. The van der Waals surface area contributed by atoms with Gasteiger partial charge in [0, 0.05) is 18.2 Å². The van der Waals surface area contributed by atoms with E-state index in [9.17, 15) is 27.3 Å². The molecule has 8 nitrogen and oxygen atoms in total. The Balaban J connectivity index is 1.77. The molecule has 0 radical (unpaired) electrons. The number of imidazole rings is 1. The molecule has 11 heteroatoms. The smallest absolute Gasteiger partial charge is 0.387 e. The van der Waals surface area contributed by atoms with Gasteiger partial charge in [-0.2, -0.15) is 14.0 Å². The Morgan fingerprint density at radius 3 is 2.57 bits per heavy atom. The molecular formula is C24H23F2N3O5S. The predicted molar refractivity (Wildman–Crippen MR) is 124 cm³/mol. The van der Waals surface area contributed by atoms with E-state index in [2.05, 4.69) is 11.1 Å². The molecule has 0 N–H and O–H groups in total. The Bertz CT molecular complexity index is 1450. The van der Waals surface area contributed by atoms with Crippen LogP contribution in [-0.4, -0.2) is 48.8 Å². The third-order valence-electron chi connectivity index (χ3n) is 6.04. The molecule has 0 atom stereocenters. The van der Waals surface area contributed by atoms with Crippen LogP contribution < -0.4 is 9.47 Å². The summed E-state index contributed by atoms with van der Waals surface area (Å²) in [5, 5.41) is 9.41. The van der Waals surface area contributed by atoms with E-state index in [1.807, 2.05) is 0 Å². The van der Waals surface area contributed by atoms with Gasteiger partial charge >= 0.3 is 6.61 Å². The minimum absolute atomic E-state index is 0.0301. The van der Waals surface area contributed by atoms with E-state index in [0.29, 0.717) is 16.9 Å². The molecule has 4 rings (SSSR count). The normalized spacial score (nSPS) is 15.6. The maximum Gasteiger partial charge on any atom is 0.387 e. The molecule has 0 bridgehead atoms. The molecule has 1 fully saturated rings. The first-order valence-corrected chi connectivity index (χ1v) is 12.6. The van der Waals surface area contributed by atoms with Crippen molar-refractivity contribution in [1.82, 2.24) is 9.38 Å². The summed E-state index contributed by atoms with van der Waals surface area (Å²) in [5.41, 5.74) is 1.37. The molecule has 1 aliphatic rings. The second-order valence-corrected chi connectivity index (χ2v) is 11.2. The van der Waals surface area contributed by atoms with E-state index in [-0.39, 0.29) is 40.9 Å². The fourth-order valence-corrected chi connectivity index (χ4v) is 5.74. The standard InChI is InChI=1S/C24H23F2N3O5S/c1-24(2,13-27)16-4-5-29-17(10-28-21(29)9-16)15-7-19(33-3)22(20(8-15)34-23(25)26)18(30)6-14-11-35(31,32)12-14/h4-5,7-10,14,23H,6,11-12H2,1-3H3. The van der Waals surface area contributed by atoms with Crippen molar-refractivity contribution in [3.8, 4) is 28.8 Å². The lowest BCUT2D eigenvalue weighted by molar-refractivity contribution is -0.0502. The van der Waals surface area contributed by atoms with E-state index in [4.69, 9.17) is 9.47 Å². The summed E-state index contributed by atoms with van der Waals surface area (Å²) in [4.78, 5) is 17.3. The average Bonchev–Trinajstić information content (AvgIpc) is 3.20. The minimum atomic E-state index is -3.19. The van der Waals surface area contributed by atoms with Crippen molar-refractivity contribution >= 4 is 21.3 Å². The maximum atomic E-state index is 13.3. The van der Waals surface area contributed by atoms with Crippen LogP contribution in [0.5, 0.6) is 11.5 Å². The van der Waals surface area contributed by atoms with Gasteiger partial charge in [-0.25, -0.2) is 13.4 Å². The highest BCUT2D eigenvalue weighted by molar-refractivity contribution is 7.92. The zero-order valence-corrected chi connectivity index (χ0v) is 20.1. The molecule has 2 aromatic heterocycles. The number of fused-ring (bicyclic) bond motifs is 1. The second kappa shape index (κ2) is 8.92. The van der Waals surface area contributed by atoms with Crippen molar-refractivity contribution in [2.75, 3.05) is 18.6 Å². The van der Waals surface area contributed by atoms with E-state index in [1.54, 1.807) is 42.8 Å². The van der Waals surface area contributed by atoms with Crippen LogP contribution in [0.25, 0.3) is 16.9 Å². The van der Waals surface area contributed by atoms with Crippen molar-refractivity contribution in [1.29, 1.82) is 5.26 Å². The zero-order valence-electron chi connectivity index (χ0n) is 19.3. The molecular weight excluding hydrogens is 480 g/mol. The SMILES string of the molecule is COc1cc(-c2cnc3cc(C(C)(C)C#N)ccn23)cc(OC(F)F)c1C(=O)CC1CS(=O)(=O)C1. The van der Waals surface area contributed by atoms with Gasteiger partial charge < -0.3 is 9.47 Å². The van der Waals surface area contributed by atoms with Gasteiger partial charge in [0.25, 0.3) is 0 Å². The number of methoxy groups -OCH3 is 1. The van der Waals surface area contributed by atoms with Gasteiger partial charge in [0.2, 0.25) is 0 Å².